The van der Waals surface area contributed by atoms with Gasteiger partial charge in [-0.25, -0.2) is 0 Å². The van der Waals surface area contributed by atoms with Crippen LogP contribution in [0.15, 0.2) is 29.0 Å². The van der Waals surface area contributed by atoms with E-state index in [-0.39, 0.29) is 6.04 Å². The zero-order valence-electron chi connectivity index (χ0n) is 9.84. The molecule has 0 unspecified atom stereocenters. The Hall–Kier alpha value is -2.11. The molecule has 90 valence electrons. The highest BCUT2D eigenvalue weighted by Gasteiger charge is 2.02. The van der Waals surface area contributed by atoms with Crippen molar-refractivity contribution in [1.82, 2.24) is 15.2 Å². The van der Waals surface area contributed by atoms with Gasteiger partial charge in [0.1, 0.15) is 5.76 Å². The third kappa shape index (κ3) is 3.44. The molecule has 0 aliphatic carbocycles. The molecule has 0 aliphatic rings. The molecule has 2 N–H and O–H groups in total. The van der Waals surface area contributed by atoms with Gasteiger partial charge in [-0.15, -0.1) is 5.10 Å². The van der Waals surface area contributed by atoms with E-state index in [4.69, 9.17) is 4.42 Å². The van der Waals surface area contributed by atoms with E-state index in [0.717, 1.165) is 5.76 Å². The van der Waals surface area contributed by atoms with Crippen molar-refractivity contribution in [2.24, 2.45) is 0 Å². The van der Waals surface area contributed by atoms with Crippen LogP contribution in [0.5, 0.6) is 0 Å². The molecule has 0 atom stereocenters. The van der Waals surface area contributed by atoms with Gasteiger partial charge in [-0.2, -0.15) is 10.1 Å². The van der Waals surface area contributed by atoms with Crippen molar-refractivity contribution in [3.63, 3.8) is 0 Å². The number of furan rings is 1. The van der Waals surface area contributed by atoms with Gasteiger partial charge in [0.25, 0.3) is 0 Å². The zero-order chi connectivity index (χ0) is 12.1. The Morgan fingerprint density at radius 3 is 3.00 bits per heavy atom. The van der Waals surface area contributed by atoms with Gasteiger partial charge < -0.3 is 15.1 Å². The Kier molecular flexibility index (Phi) is 3.54. The molecule has 0 radical (unpaired) electrons. The molecule has 6 nitrogen and oxygen atoms in total. The summed E-state index contributed by atoms with van der Waals surface area (Å²) in [6.45, 7) is 4.62. The molecule has 2 aromatic rings. The van der Waals surface area contributed by atoms with Crippen LogP contribution in [-0.2, 0) is 6.54 Å². The maximum atomic E-state index is 5.21. The average molecular weight is 233 g/mol. The summed E-state index contributed by atoms with van der Waals surface area (Å²) >= 11 is 0. The monoisotopic (exact) mass is 233 g/mol. The second-order valence-electron chi connectivity index (χ2n) is 3.90. The smallest absolute Gasteiger partial charge is 0.244 e. The van der Waals surface area contributed by atoms with Crippen LogP contribution in [0.3, 0.4) is 0 Å². The summed E-state index contributed by atoms with van der Waals surface area (Å²) in [5, 5.41) is 14.0. The number of rotatable bonds is 5. The predicted octanol–water partition coefficient (Wildman–Crippen LogP) is 1.90. The van der Waals surface area contributed by atoms with E-state index >= 15 is 0 Å². The Morgan fingerprint density at radius 1 is 1.41 bits per heavy atom. The van der Waals surface area contributed by atoms with Gasteiger partial charge in [0.15, 0.2) is 5.82 Å². The fourth-order valence-corrected chi connectivity index (χ4v) is 1.30. The van der Waals surface area contributed by atoms with Gasteiger partial charge in [0.05, 0.1) is 19.0 Å². The van der Waals surface area contributed by atoms with Gasteiger partial charge in [-0.1, -0.05) is 0 Å². The largest absolute Gasteiger partial charge is 0.467 e. The molecule has 2 rings (SSSR count). The standard InChI is InChI=1S/C11H15N5O/c1-8(2)14-11-15-10(7-13-16-11)12-6-9-4-3-5-17-9/h3-5,7-8H,6H2,1-2H3,(H2,12,14,15,16). The lowest BCUT2D eigenvalue weighted by atomic mass is 10.4. The highest BCUT2D eigenvalue weighted by molar-refractivity contribution is 5.37. The molecule has 0 aromatic carbocycles. The van der Waals surface area contributed by atoms with Gasteiger partial charge in [-0.3, -0.25) is 0 Å². The zero-order valence-corrected chi connectivity index (χ0v) is 9.84. The number of anilines is 2. The second kappa shape index (κ2) is 5.29. The minimum absolute atomic E-state index is 0.275. The topological polar surface area (TPSA) is 75.9 Å². The van der Waals surface area contributed by atoms with Crippen LogP contribution in [0.25, 0.3) is 0 Å². The van der Waals surface area contributed by atoms with Crippen molar-refractivity contribution in [3.05, 3.63) is 30.4 Å². The number of hydrogen-bond donors (Lipinski definition) is 2. The van der Waals surface area contributed by atoms with Crippen LogP contribution in [0.1, 0.15) is 19.6 Å². The van der Waals surface area contributed by atoms with Crippen LogP contribution in [0, 0.1) is 0 Å². The minimum Gasteiger partial charge on any atom is -0.467 e. The van der Waals surface area contributed by atoms with E-state index in [9.17, 15) is 0 Å². The van der Waals surface area contributed by atoms with E-state index in [0.29, 0.717) is 18.3 Å². The van der Waals surface area contributed by atoms with E-state index in [1.807, 2.05) is 26.0 Å². The van der Waals surface area contributed by atoms with Crippen molar-refractivity contribution in [1.29, 1.82) is 0 Å². The van der Waals surface area contributed by atoms with Crippen molar-refractivity contribution < 1.29 is 4.42 Å². The lowest BCUT2D eigenvalue weighted by Crippen LogP contribution is -2.14. The molecule has 2 heterocycles. The maximum Gasteiger partial charge on any atom is 0.244 e. The SMILES string of the molecule is CC(C)Nc1nncc(NCc2ccco2)n1. The molecular weight excluding hydrogens is 218 g/mol. The molecule has 0 aliphatic heterocycles. The summed E-state index contributed by atoms with van der Waals surface area (Å²) in [5.41, 5.74) is 0. The Balaban J connectivity index is 1.96. The molecule has 17 heavy (non-hydrogen) atoms. The van der Waals surface area contributed by atoms with E-state index < -0.39 is 0 Å². The fourth-order valence-electron chi connectivity index (χ4n) is 1.30. The van der Waals surface area contributed by atoms with Crippen molar-refractivity contribution in [3.8, 4) is 0 Å². The molecule has 0 amide bonds. The van der Waals surface area contributed by atoms with Gasteiger partial charge in [-0.05, 0) is 26.0 Å². The first-order valence-electron chi connectivity index (χ1n) is 5.46. The van der Waals surface area contributed by atoms with Crippen LogP contribution < -0.4 is 10.6 Å². The number of hydrogen-bond acceptors (Lipinski definition) is 6. The number of aromatic nitrogens is 3. The first kappa shape index (κ1) is 11.4. The summed E-state index contributed by atoms with van der Waals surface area (Å²) in [6, 6.07) is 4.02. The Labute approximate surface area is 99.5 Å². The summed E-state index contributed by atoms with van der Waals surface area (Å²) in [5.74, 6) is 2.03. The summed E-state index contributed by atoms with van der Waals surface area (Å²) in [6.07, 6.45) is 3.22. The number of nitrogens with one attached hydrogen (secondary N) is 2. The fraction of sp³-hybridized carbons (Fsp3) is 0.364. The first-order chi connectivity index (χ1) is 8.24. The van der Waals surface area contributed by atoms with Gasteiger partial charge >= 0.3 is 0 Å². The molecule has 0 saturated heterocycles. The predicted molar refractivity (Wildman–Crippen MR) is 64.6 cm³/mol. The maximum absolute atomic E-state index is 5.21. The van der Waals surface area contributed by atoms with Crippen molar-refractivity contribution >= 4 is 11.8 Å². The van der Waals surface area contributed by atoms with Crippen molar-refractivity contribution in [2.45, 2.75) is 26.4 Å². The minimum atomic E-state index is 0.275. The summed E-state index contributed by atoms with van der Waals surface area (Å²) in [7, 11) is 0. The van der Waals surface area contributed by atoms with Gasteiger partial charge in [0.2, 0.25) is 5.95 Å². The third-order valence-electron chi connectivity index (χ3n) is 2.00. The molecule has 0 saturated carbocycles. The van der Waals surface area contributed by atoms with Crippen molar-refractivity contribution in [2.75, 3.05) is 10.6 Å². The van der Waals surface area contributed by atoms with E-state index in [1.165, 1.54) is 0 Å². The molecule has 6 heteroatoms. The van der Waals surface area contributed by atoms with E-state index in [1.54, 1.807) is 12.5 Å². The molecule has 2 aromatic heterocycles. The average Bonchev–Trinajstić information content (AvgIpc) is 2.79. The lowest BCUT2D eigenvalue weighted by molar-refractivity contribution is 0.517. The Bertz CT molecular complexity index is 455. The van der Waals surface area contributed by atoms with Gasteiger partial charge in [0, 0.05) is 6.04 Å². The van der Waals surface area contributed by atoms with Crippen LogP contribution in [0.2, 0.25) is 0 Å². The molecular formula is C11H15N5O. The second-order valence-corrected chi connectivity index (χ2v) is 3.90. The molecule has 0 bridgehead atoms. The lowest BCUT2D eigenvalue weighted by Gasteiger charge is -2.08. The third-order valence-corrected chi connectivity index (χ3v) is 2.00. The highest BCUT2D eigenvalue weighted by atomic mass is 16.3. The molecule has 0 fully saturated rings. The van der Waals surface area contributed by atoms with Crippen LogP contribution >= 0.6 is 0 Å². The normalized spacial score (nSPS) is 10.5. The first-order valence-corrected chi connectivity index (χ1v) is 5.46. The highest BCUT2D eigenvalue weighted by Crippen LogP contribution is 2.07. The van der Waals surface area contributed by atoms with Crippen LogP contribution in [0.4, 0.5) is 11.8 Å². The summed E-state index contributed by atoms with van der Waals surface area (Å²) < 4.78 is 5.21. The number of nitrogens with zero attached hydrogens (tertiary/aromatic N) is 3. The van der Waals surface area contributed by atoms with Crippen LogP contribution in [-0.4, -0.2) is 21.2 Å². The Morgan fingerprint density at radius 2 is 2.29 bits per heavy atom. The quantitative estimate of drug-likeness (QED) is 0.821. The summed E-state index contributed by atoms with van der Waals surface area (Å²) in [4.78, 5) is 4.27. The van der Waals surface area contributed by atoms with E-state index in [2.05, 4.69) is 25.8 Å². The molecule has 0 spiro atoms.